The fraction of sp³-hybridized carbons (Fsp3) is 0.381. The number of nitrogens with zero attached hydrogens (tertiary/aromatic N) is 3. The Hall–Kier alpha value is -5.59. The molecule has 0 fully saturated rings. The third kappa shape index (κ3) is 8.13. The first-order chi connectivity index (χ1) is 32.0. The highest BCUT2D eigenvalue weighted by atomic mass is 32.1. The molecule has 0 radical (unpaired) electrons. The molecule has 0 unspecified atom stereocenters. The van der Waals surface area contributed by atoms with Gasteiger partial charge in [-0.2, -0.15) is 0 Å². The Morgan fingerprint density at radius 1 is 0.435 bits per heavy atom. The summed E-state index contributed by atoms with van der Waals surface area (Å²) in [4.78, 5) is 11.0. The average molecular weight is 930 g/mol. The van der Waals surface area contributed by atoms with Crippen molar-refractivity contribution in [3.63, 3.8) is 0 Å². The molecule has 0 saturated carbocycles. The molecule has 8 aromatic rings. The topological polar surface area (TPSA) is 32.5 Å². The van der Waals surface area contributed by atoms with Gasteiger partial charge in [-0.1, -0.05) is 172 Å². The van der Waals surface area contributed by atoms with Crippen molar-refractivity contribution in [3.05, 3.63) is 143 Å². The van der Waals surface area contributed by atoms with Crippen LogP contribution in [0.5, 0.6) is 0 Å². The molecule has 0 spiro atoms. The van der Waals surface area contributed by atoms with Gasteiger partial charge in [0, 0.05) is 44.8 Å². The molecular formula is C63H72BN3OS. The van der Waals surface area contributed by atoms with Crippen LogP contribution in [-0.2, 0) is 32.5 Å². The van der Waals surface area contributed by atoms with Crippen molar-refractivity contribution in [2.45, 2.75) is 157 Å². The van der Waals surface area contributed by atoms with Crippen molar-refractivity contribution in [2.24, 2.45) is 0 Å². The first-order valence-corrected chi connectivity index (χ1v) is 26.0. The van der Waals surface area contributed by atoms with Crippen LogP contribution in [0, 0.1) is 0 Å². The molecule has 69 heavy (non-hydrogen) atoms. The molecule has 0 atom stereocenters. The zero-order chi connectivity index (χ0) is 49.7. The van der Waals surface area contributed by atoms with Gasteiger partial charge in [-0.3, -0.25) is 0 Å². The maximum Gasteiger partial charge on any atom is 0.276 e. The van der Waals surface area contributed by atoms with Crippen LogP contribution in [0.2, 0.25) is 0 Å². The lowest BCUT2D eigenvalue weighted by Crippen LogP contribution is -2.61. The van der Waals surface area contributed by atoms with E-state index >= 15 is 0 Å². The number of hydrogen-bond acceptors (Lipinski definition) is 5. The lowest BCUT2D eigenvalue weighted by atomic mass is 9.35. The number of benzene rings is 6. The SMILES string of the molecule is CC(C)(C)c1cc(N2c3ccc(C(C)(C)C)cc3B3c4nc(-c5ccc6oc7ccc(C(C)(C)C)cc7c6c5)sc4N(c4cc(C(C)(C)C)cc(C(C)(C)C)c4)c4cccc2c43)cc(C(C)(C)C)c1. The number of furan rings is 1. The van der Waals surface area contributed by atoms with Crippen LogP contribution in [0.1, 0.15) is 158 Å². The Morgan fingerprint density at radius 3 is 1.41 bits per heavy atom. The quantitative estimate of drug-likeness (QED) is 0.165. The van der Waals surface area contributed by atoms with Gasteiger partial charge in [-0.15, -0.1) is 0 Å². The summed E-state index contributed by atoms with van der Waals surface area (Å²) in [6.07, 6.45) is 0. The number of anilines is 6. The zero-order valence-corrected chi connectivity index (χ0v) is 45.4. The van der Waals surface area contributed by atoms with Crippen LogP contribution >= 0.6 is 11.3 Å². The normalized spacial score (nSPS) is 14.4. The van der Waals surface area contributed by atoms with Crippen molar-refractivity contribution in [1.29, 1.82) is 0 Å². The molecule has 0 aliphatic carbocycles. The van der Waals surface area contributed by atoms with Crippen LogP contribution in [0.4, 0.5) is 33.4 Å². The summed E-state index contributed by atoms with van der Waals surface area (Å²) >= 11 is 1.82. The van der Waals surface area contributed by atoms with E-state index in [2.05, 4.69) is 244 Å². The largest absolute Gasteiger partial charge is 0.456 e. The van der Waals surface area contributed by atoms with E-state index in [1.165, 1.54) is 77.7 Å². The second kappa shape index (κ2) is 15.5. The summed E-state index contributed by atoms with van der Waals surface area (Å²) in [6, 6.07) is 42.3. The number of thiazole rings is 1. The van der Waals surface area contributed by atoms with Crippen molar-refractivity contribution < 1.29 is 4.42 Å². The Labute approximate surface area is 417 Å². The number of rotatable bonds is 3. The van der Waals surface area contributed by atoms with E-state index in [0.29, 0.717) is 0 Å². The van der Waals surface area contributed by atoms with Gasteiger partial charge >= 0.3 is 0 Å². The first-order valence-electron chi connectivity index (χ1n) is 25.1. The summed E-state index contributed by atoms with van der Waals surface area (Å²) in [5.41, 5.74) is 20.3. The van der Waals surface area contributed by atoms with Gasteiger partial charge in [0.1, 0.15) is 21.2 Å². The lowest BCUT2D eigenvalue weighted by molar-refractivity contribution is 0.568. The Kier molecular flexibility index (Phi) is 10.6. The Balaban J connectivity index is 1.29. The highest BCUT2D eigenvalue weighted by molar-refractivity contribution is 7.22. The van der Waals surface area contributed by atoms with Crippen molar-refractivity contribution >= 4 is 89.9 Å². The van der Waals surface area contributed by atoms with Gasteiger partial charge < -0.3 is 14.2 Å². The molecule has 0 N–H and O–H groups in total. The van der Waals surface area contributed by atoms with Crippen LogP contribution in [-0.4, -0.2) is 11.7 Å². The summed E-state index contributed by atoms with van der Waals surface area (Å²) < 4.78 is 6.49. The number of fused-ring (bicyclic) bond motifs is 7. The number of aromatic nitrogens is 1. The minimum absolute atomic E-state index is 0.0151. The molecule has 2 aromatic heterocycles. The van der Waals surface area contributed by atoms with Crippen LogP contribution in [0.15, 0.2) is 114 Å². The highest BCUT2D eigenvalue weighted by Crippen LogP contribution is 2.49. The van der Waals surface area contributed by atoms with Gasteiger partial charge in [0.25, 0.3) is 6.71 Å². The van der Waals surface area contributed by atoms with Crippen molar-refractivity contribution in [3.8, 4) is 10.6 Å². The fourth-order valence-electron chi connectivity index (χ4n) is 10.3. The number of hydrogen-bond donors (Lipinski definition) is 0. The van der Waals surface area contributed by atoms with Gasteiger partial charge in [0.15, 0.2) is 0 Å². The molecule has 354 valence electrons. The maximum absolute atomic E-state index is 6.49. The predicted octanol–water partition coefficient (Wildman–Crippen LogP) is 16.6. The van der Waals surface area contributed by atoms with E-state index < -0.39 is 0 Å². The van der Waals surface area contributed by atoms with Gasteiger partial charge in [0.2, 0.25) is 0 Å². The minimum Gasteiger partial charge on any atom is -0.456 e. The molecule has 0 amide bonds. The molecule has 10 rings (SSSR count). The maximum atomic E-state index is 6.49. The molecule has 2 aliphatic rings. The second-order valence-corrected chi connectivity index (χ2v) is 27.3. The van der Waals surface area contributed by atoms with Gasteiger partial charge in [-0.25, -0.2) is 4.98 Å². The third-order valence-corrected chi connectivity index (χ3v) is 15.9. The Bertz CT molecular complexity index is 3300. The summed E-state index contributed by atoms with van der Waals surface area (Å²) in [7, 11) is 0. The highest BCUT2D eigenvalue weighted by Gasteiger charge is 2.46. The molecule has 2 aliphatic heterocycles. The van der Waals surface area contributed by atoms with Crippen LogP contribution in [0.3, 0.4) is 0 Å². The third-order valence-electron chi connectivity index (χ3n) is 14.8. The average Bonchev–Trinajstić information content (AvgIpc) is 3.85. The van der Waals surface area contributed by atoms with Crippen LogP contribution in [0.25, 0.3) is 32.5 Å². The predicted molar refractivity (Wildman–Crippen MR) is 301 cm³/mol. The molecule has 4 nitrogen and oxygen atoms in total. The Morgan fingerprint density at radius 2 is 0.884 bits per heavy atom. The summed E-state index contributed by atoms with van der Waals surface area (Å²) in [5.74, 6) is 0. The van der Waals surface area contributed by atoms with E-state index in [4.69, 9.17) is 9.40 Å². The van der Waals surface area contributed by atoms with Gasteiger partial charge in [-0.05, 0) is 150 Å². The fourth-order valence-corrected chi connectivity index (χ4v) is 11.4. The van der Waals surface area contributed by atoms with Crippen molar-refractivity contribution in [1.82, 2.24) is 4.98 Å². The molecule has 6 aromatic carbocycles. The molecular weight excluding hydrogens is 858 g/mol. The van der Waals surface area contributed by atoms with E-state index in [-0.39, 0.29) is 39.2 Å². The smallest absolute Gasteiger partial charge is 0.276 e. The molecule has 0 bridgehead atoms. The van der Waals surface area contributed by atoms with E-state index in [9.17, 15) is 0 Å². The van der Waals surface area contributed by atoms with E-state index in [1.807, 2.05) is 11.3 Å². The lowest BCUT2D eigenvalue weighted by Gasteiger charge is -2.43. The minimum atomic E-state index is -0.102. The summed E-state index contributed by atoms with van der Waals surface area (Å²) in [5, 5.41) is 4.45. The van der Waals surface area contributed by atoms with Crippen molar-refractivity contribution in [2.75, 3.05) is 9.80 Å². The first kappa shape index (κ1) is 47.1. The summed E-state index contributed by atoms with van der Waals surface area (Å²) in [6.45, 7) is 41.8. The van der Waals surface area contributed by atoms with Crippen LogP contribution < -0.4 is 26.3 Å². The molecule has 0 saturated heterocycles. The van der Waals surface area contributed by atoms with E-state index in [0.717, 1.165) is 38.1 Å². The second-order valence-electron chi connectivity index (χ2n) is 26.4. The van der Waals surface area contributed by atoms with Gasteiger partial charge in [0.05, 0.1) is 5.59 Å². The van der Waals surface area contributed by atoms with E-state index in [1.54, 1.807) is 0 Å². The molecule has 4 heterocycles. The molecule has 6 heteroatoms. The zero-order valence-electron chi connectivity index (χ0n) is 44.6. The monoisotopic (exact) mass is 930 g/mol. The standard InChI is InChI=1S/C63H72BN3OS/c1-58(2,3)38-24-27-53-47(35-38)46-28-37(22-26-52(46)68-53)56-65-55-57(69-56)67(45-33-42(62(13,14)15)30-43(34-45)63(16,17)18)51-21-19-20-50-54(51)64(55)48-36-39(59(4,5)6)23-25-49(48)66(50)44-31-40(60(7,8)9)29-41(32-44)61(10,11)12/h19-36H,1-18H3.